The predicted octanol–water partition coefficient (Wildman–Crippen LogP) is 2.02. The lowest BCUT2D eigenvalue weighted by Crippen LogP contribution is -2.11. The highest BCUT2D eigenvalue weighted by Gasteiger charge is 2.21. The van der Waals surface area contributed by atoms with Gasteiger partial charge in [-0.2, -0.15) is 4.39 Å². The Morgan fingerprint density at radius 1 is 1.41 bits per heavy atom. The van der Waals surface area contributed by atoms with Crippen molar-refractivity contribution in [3.05, 3.63) is 39.4 Å². The van der Waals surface area contributed by atoms with Crippen LogP contribution in [0.2, 0.25) is 0 Å². The van der Waals surface area contributed by atoms with Gasteiger partial charge in [0, 0.05) is 0 Å². The van der Waals surface area contributed by atoms with Crippen LogP contribution in [-0.2, 0) is 6.42 Å². The SMILES string of the molecule is O=[N+]([O-])c1cc(F)c(CC2CCNC2)cc1F. The molecule has 6 heteroatoms. The number of hydrogen-bond donors (Lipinski definition) is 1. The maximum atomic E-state index is 13.6. The van der Waals surface area contributed by atoms with Crippen LogP contribution in [0.15, 0.2) is 12.1 Å². The molecule has 0 spiro atoms. The van der Waals surface area contributed by atoms with Crippen molar-refractivity contribution in [2.75, 3.05) is 13.1 Å². The molecule has 1 N–H and O–H groups in total. The maximum Gasteiger partial charge on any atom is 0.307 e. The summed E-state index contributed by atoms with van der Waals surface area (Å²) in [7, 11) is 0. The lowest BCUT2D eigenvalue weighted by molar-refractivity contribution is -0.387. The Morgan fingerprint density at radius 2 is 2.18 bits per heavy atom. The highest BCUT2D eigenvalue weighted by Crippen LogP contribution is 2.24. The van der Waals surface area contributed by atoms with E-state index in [0.29, 0.717) is 12.5 Å². The first-order chi connectivity index (χ1) is 8.08. The zero-order chi connectivity index (χ0) is 12.4. The van der Waals surface area contributed by atoms with Gasteiger partial charge in [0.2, 0.25) is 5.82 Å². The number of nitro groups is 1. The molecule has 1 fully saturated rings. The topological polar surface area (TPSA) is 55.2 Å². The van der Waals surface area contributed by atoms with Crippen molar-refractivity contribution in [2.24, 2.45) is 5.92 Å². The summed E-state index contributed by atoms with van der Waals surface area (Å²) in [6.45, 7) is 1.65. The summed E-state index contributed by atoms with van der Waals surface area (Å²) in [5.74, 6) is -1.41. The average molecular weight is 242 g/mol. The monoisotopic (exact) mass is 242 g/mol. The summed E-state index contributed by atoms with van der Waals surface area (Å²) in [6.07, 6.45) is 1.33. The highest BCUT2D eigenvalue weighted by molar-refractivity contribution is 5.36. The van der Waals surface area contributed by atoms with Crippen LogP contribution in [0, 0.1) is 27.7 Å². The predicted molar refractivity (Wildman–Crippen MR) is 57.7 cm³/mol. The number of hydrogen-bond acceptors (Lipinski definition) is 3. The first-order valence-corrected chi connectivity index (χ1v) is 5.41. The third-order valence-electron chi connectivity index (χ3n) is 2.98. The van der Waals surface area contributed by atoms with Crippen LogP contribution in [0.3, 0.4) is 0 Å². The van der Waals surface area contributed by atoms with Gasteiger partial charge < -0.3 is 5.32 Å². The molecule has 1 saturated heterocycles. The van der Waals surface area contributed by atoms with Crippen molar-refractivity contribution in [2.45, 2.75) is 12.8 Å². The van der Waals surface area contributed by atoms with Crippen molar-refractivity contribution >= 4 is 5.69 Å². The Kier molecular flexibility index (Phi) is 3.33. The molecule has 2 rings (SSSR count). The van der Waals surface area contributed by atoms with E-state index in [0.717, 1.165) is 25.6 Å². The molecule has 1 aliphatic rings. The van der Waals surface area contributed by atoms with Gasteiger partial charge in [-0.15, -0.1) is 0 Å². The summed E-state index contributed by atoms with van der Waals surface area (Å²) >= 11 is 0. The molecule has 0 amide bonds. The lowest BCUT2D eigenvalue weighted by Gasteiger charge is -2.09. The largest absolute Gasteiger partial charge is 0.316 e. The zero-order valence-corrected chi connectivity index (χ0v) is 9.08. The second kappa shape index (κ2) is 4.75. The second-order valence-electron chi connectivity index (χ2n) is 4.22. The number of rotatable bonds is 3. The summed E-state index contributed by atoms with van der Waals surface area (Å²) < 4.78 is 26.9. The van der Waals surface area contributed by atoms with E-state index in [1.54, 1.807) is 0 Å². The quantitative estimate of drug-likeness (QED) is 0.651. The molecule has 1 heterocycles. The van der Waals surface area contributed by atoms with Gasteiger partial charge in [0.15, 0.2) is 0 Å². The summed E-state index contributed by atoms with van der Waals surface area (Å²) in [4.78, 5) is 9.50. The molecule has 1 aliphatic heterocycles. The van der Waals surface area contributed by atoms with Gasteiger partial charge in [0.25, 0.3) is 0 Å². The summed E-state index contributed by atoms with van der Waals surface area (Å²) in [5.41, 5.74) is -0.599. The molecule has 1 aromatic carbocycles. The van der Waals surface area contributed by atoms with Gasteiger partial charge >= 0.3 is 5.69 Å². The van der Waals surface area contributed by atoms with Gasteiger partial charge in [-0.3, -0.25) is 10.1 Å². The molecule has 17 heavy (non-hydrogen) atoms. The Balaban J connectivity index is 2.23. The molecular formula is C11H12F2N2O2. The second-order valence-corrected chi connectivity index (χ2v) is 4.22. The van der Waals surface area contributed by atoms with E-state index >= 15 is 0 Å². The minimum absolute atomic E-state index is 0.210. The van der Waals surface area contributed by atoms with Crippen LogP contribution in [0.25, 0.3) is 0 Å². The number of halogens is 2. The van der Waals surface area contributed by atoms with Crippen molar-refractivity contribution in [3.8, 4) is 0 Å². The molecule has 0 bridgehead atoms. The van der Waals surface area contributed by atoms with Gasteiger partial charge in [-0.1, -0.05) is 0 Å². The molecule has 0 aliphatic carbocycles. The maximum absolute atomic E-state index is 13.6. The minimum atomic E-state index is -0.975. The smallest absolute Gasteiger partial charge is 0.307 e. The van der Waals surface area contributed by atoms with Crippen LogP contribution in [0.5, 0.6) is 0 Å². The third-order valence-corrected chi connectivity index (χ3v) is 2.98. The van der Waals surface area contributed by atoms with Crippen molar-refractivity contribution in [3.63, 3.8) is 0 Å². The van der Waals surface area contributed by atoms with Crippen molar-refractivity contribution < 1.29 is 13.7 Å². The van der Waals surface area contributed by atoms with Gasteiger partial charge in [0.1, 0.15) is 5.82 Å². The van der Waals surface area contributed by atoms with Crippen LogP contribution in [-0.4, -0.2) is 18.0 Å². The number of nitrogens with zero attached hydrogens (tertiary/aromatic N) is 1. The van der Waals surface area contributed by atoms with E-state index in [1.807, 2.05) is 0 Å². The van der Waals surface area contributed by atoms with Gasteiger partial charge in [-0.05, 0) is 43.5 Å². The molecule has 0 radical (unpaired) electrons. The summed E-state index contributed by atoms with van der Waals surface area (Å²) in [5, 5.41) is 13.6. The van der Waals surface area contributed by atoms with E-state index in [-0.39, 0.29) is 11.5 Å². The molecule has 1 unspecified atom stereocenters. The molecular weight excluding hydrogens is 230 g/mol. The van der Waals surface area contributed by atoms with Crippen molar-refractivity contribution in [1.29, 1.82) is 0 Å². The van der Waals surface area contributed by atoms with Crippen LogP contribution in [0.4, 0.5) is 14.5 Å². The Bertz CT molecular complexity index is 445. The Morgan fingerprint density at radius 3 is 2.76 bits per heavy atom. The van der Waals surface area contributed by atoms with Crippen molar-refractivity contribution in [1.82, 2.24) is 5.32 Å². The Labute approximate surface area is 96.8 Å². The van der Waals surface area contributed by atoms with E-state index < -0.39 is 22.2 Å². The Hall–Kier alpha value is -1.56. The van der Waals surface area contributed by atoms with E-state index in [1.165, 1.54) is 0 Å². The first-order valence-electron chi connectivity index (χ1n) is 5.41. The van der Waals surface area contributed by atoms with Crippen LogP contribution < -0.4 is 5.32 Å². The molecule has 92 valence electrons. The normalized spacial score (nSPS) is 19.5. The number of nitro benzene ring substituents is 1. The zero-order valence-electron chi connectivity index (χ0n) is 9.08. The van der Waals surface area contributed by atoms with Gasteiger partial charge in [0.05, 0.1) is 11.0 Å². The standard InChI is InChI=1S/C11H12F2N2O2/c12-9-5-11(15(16)17)10(13)4-8(9)3-7-1-2-14-6-7/h4-5,7,14H,1-3,6H2. The van der Waals surface area contributed by atoms with Crippen LogP contribution in [0.1, 0.15) is 12.0 Å². The van der Waals surface area contributed by atoms with Crippen LogP contribution >= 0.6 is 0 Å². The molecule has 1 atom stereocenters. The molecule has 1 aromatic rings. The fourth-order valence-electron chi connectivity index (χ4n) is 2.07. The third kappa shape index (κ3) is 2.58. The molecule has 4 nitrogen and oxygen atoms in total. The minimum Gasteiger partial charge on any atom is -0.316 e. The fraction of sp³-hybridized carbons (Fsp3) is 0.455. The fourth-order valence-corrected chi connectivity index (χ4v) is 2.07. The highest BCUT2D eigenvalue weighted by atomic mass is 19.1. The number of benzene rings is 1. The lowest BCUT2D eigenvalue weighted by atomic mass is 9.98. The van der Waals surface area contributed by atoms with E-state index in [9.17, 15) is 18.9 Å². The summed E-state index contributed by atoms with van der Waals surface area (Å²) in [6, 6.07) is 1.60. The molecule has 0 saturated carbocycles. The average Bonchev–Trinajstić information content (AvgIpc) is 2.75. The van der Waals surface area contributed by atoms with E-state index in [4.69, 9.17) is 0 Å². The number of nitrogens with one attached hydrogen (secondary N) is 1. The van der Waals surface area contributed by atoms with Gasteiger partial charge in [-0.25, -0.2) is 4.39 Å². The molecule has 0 aromatic heterocycles. The van der Waals surface area contributed by atoms with E-state index in [2.05, 4.69) is 5.32 Å². The first kappa shape index (κ1) is 11.9.